The van der Waals surface area contributed by atoms with Gasteiger partial charge < -0.3 is 0 Å². The SMILES string of the molecule is [O]C1CCCCC1Br. The first-order valence-corrected chi connectivity index (χ1v) is 4.02. The van der Waals surface area contributed by atoms with Gasteiger partial charge in [-0.15, -0.1) is 0 Å². The molecule has 2 heteroatoms. The molecule has 1 rings (SSSR count). The highest BCUT2D eigenvalue weighted by Gasteiger charge is 2.20. The van der Waals surface area contributed by atoms with E-state index in [-0.39, 0.29) is 10.9 Å². The topological polar surface area (TPSA) is 19.9 Å². The van der Waals surface area contributed by atoms with Crippen molar-refractivity contribution in [2.45, 2.75) is 36.6 Å². The third-order valence-corrected chi connectivity index (χ3v) is 2.67. The zero-order valence-electron chi connectivity index (χ0n) is 4.77. The Labute approximate surface area is 58.2 Å². The summed E-state index contributed by atoms with van der Waals surface area (Å²) in [4.78, 5) is 0.260. The lowest BCUT2D eigenvalue weighted by Gasteiger charge is -2.19. The second kappa shape index (κ2) is 2.83. The van der Waals surface area contributed by atoms with Crippen LogP contribution in [0, 0.1) is 0 Å². The van der Waals surface area contributed by atoms with Crippen LogP contribution in [0.3, 0.4) is 0 Å². The van der Waals surface area contributed by atoms with Crippen LogP contribution in [-0.4, -0.2) is 10.9 Å². The van der Waals surface area contributed by atoms with E-state index in [0.717, 1.165) is 19.3 Å². The van der Waals surface area contributed by atoms with Crippen molar-refractivity contribution >= 4 is 15.9 Å². The third kappa shape index (κ3) is 1.46. The summed E-state index contributed by atoms with van der Waals surface area (Å²) in [6, 6.07) is 0. The average molecular weight is 178 g/mol. The summed E-state index contributed by atoms with van der Waals surface area (Å²) in [5.74, 6) is 0. The van der Waals surface area contributed by atoms with Crippen molar-refractivity contribution in [2.75, 3.05) is 0 Å². The molecule has 0 amide bonds. The van der Waals surface area contributed by atoms with E-state index in [1.54, 1.807) is 0 Å². The second-order valence-electron chi connectivity index (χ2n) is 2.34. The van der Waals surface area contributed by atoms with Gasteiger partial charge in [-0.3, -0.25) is 0 Å². The smallest absolute Gasteiger partial charge is 0.105 e. The van der Waals surface area contributed by atoms with Crippen LogP contribution in [0.1, 0.15) is 25.7 Å². The number of hydrogen-bond donors (Lipinski definition) is 0. The first-order chi connectivity index (χ1) is 3.80. The fourth-order valence-corrected chi connectivity index (χ4v) is 1.64. The van der Waals surface area contributed by atoms with Crippen LogP contribution in [-0.2, 0) is 5.11 Å². The van der Waals surface area contributed by atoms with Gasteiger partial charge >= 0.3 is 0 Å². The maximum Gasteiger partial charge on any atom is 0.105 e. The van der Waals surface area contributed by atoms with Crippen LogP contribution in [0.2, 0.25) is 0 Å². The van der Waals surface area contributed by atoms with Crippen LogP contribution in [0.5, 0.6) is 0 Å². The maximum atomic E-state index is 10.8. The second-order valence-corrected chi connectivity index (χ2v) is 3.52. The van der Waals surface area contributed by atoms with E-state index < -0.39 is 0 Å². The van der Waals surface area contributed by atoms with E-state index in [1.165, 1.54) is 6.42 Å². The Morgan fingerprint density at radius 2 is 1.88 bits per heavy atom. The minimum absolute atomic E-state index is 0.260. The minimum Gasteiger partial charge on any atom is -0.232 e. The van der Waals surface area contributed by atoms with Gasteiger partial charge in [0.2, 0.25) is 0 Å². The molecule has 0 bridgehead atoms. The Balaban J connectivity index is 2.28. The van der Waals surface area contributed by atoms with Crippen molar-refractivity contribution in [3.8, 4) is 0 Å². The zero-order chi connectivity index (χ0) is 5.98. The van der Waals surface area contributed by atoms with Gasteiger partial charge in [0.25, 0.3) is 0 Å². The monoisotopic (exact) mass is 177 g/mol. The molecule has 1 nitrogen and oxygen atoms in total. The van der Waals surface area contributed by atoms with Gasteiger partial charge in [-0.2, -0.15) is 0 Å². The van der Waals surface area contributed by atoms with E-state index in [2.05, 4.69) is 15.9 Å². The van der Waals surface area contributed by atoms with E-state index >= 15 is 0 Å². The number of rotatable bonds is 0. The molecule has 0 saturated heterocycles. The molecule has 0 aromatic heterocycles. The molecule has 47 valence electrons. The summed E-state index contributed by atoms with van der Waals surface area (Å²) in [5, 5.41) is 10.8. The molecule has 2 unspecified atom stereocenters. The standard InChI is InChI=1S/C6H10BrO/c7-5-3-1-2-4-6(5)8/h5-6H,1-4H2. The lowest BCUT2D eigenvalue weighted by molar-refractivity contribution is 0.0637. The van der Waals surface area contributed by atoms with Gasteiger partial charge in [-0.05, 0) is 12.8 Å². The molecular formula is C6H10BrO. The first kappa shape index (κ1) is 6.56. The Morgan fingerprint density at radius 1 is 1.25 bits per heavy atom. The summed E-state index contributed by atoms with van der Waals surface area (Å²) in [5.41, 5.74) is 0. The van der Waals surface area contributed by atoms with Crippen molar-refractivity contribution in [2.24, 2.45) is 0 Å². The van der Waals surface area contributed by atoms with Crippen LogP contribution >= 0.6 is 15.9 Å². The molecule has 1 fully saturated rings. The van der Waals surface area contributed by atoms with Crippen LogP contribution in [0.4, 0.5) is 0 Å². The molecule has 0 aliphatic heterocycles. The van der Waals surface area contributed by atoms with Crippen molar-refractivity contribution in [1.29, 1.82) is 0 Å². The van der Waals surface area contributed by atoms with Crippen LogP contribution in [0.25, 0.3) is 0 Å². The van der Waals surface area contributed by atoms with Gasteiger partial charge in [0.15, 0.2) is 0 Å². The van der Waals surface area contributed by atoms with Crippen molar-refractivity contribution < 1.29 is 5.11 Å². The highest BCUT2D eigenvalue weighted by Crippen LogP contribution is 2.24. The minimum atomic E-state index is -0.330. The molecule has 1 saturated carbocycles. The van der Waals surface area contributed by atoms with E-state index in [1.807, 2.05) is 0 Å². The number of hydrogen-bond acceptors (Lipinski definition) is 0. The van der Waals surface area contributed by atoms with E-state index in [4.69, 9.17) is 0 Å². The molecule has 0 aromatic rings. The molecule has 8 heavy (non-hydrogen) atoms. The van der Waals surface area contributed by atoms with Crippen molar-refractivity contribution in [1.82, 2.24) is 0 Å². The summed E-state index contributed by atoms with van der Waals surface area (Å²) in [6.45, 7) is 0. The van der Waals surface area contributed by atoms with Gasteiger partial charge in [0.05, 0.1) is 0 Å². The lowest BCUT2D eigenvalue weighted by atomic mass is 9.98. The molecule has 1 aliphatic carbocycles. The largest absolute Gasteiger partial charge is 0.232 e. The molecule has 0 N–H and O–H groups in total. The van der Waals surface area contributed by atoms with Gasteiger partial charge in [-0.1, -0.05) is 28.8 Å². The van der Waals surface area contributed by atoms with Crippen molar-refractivity contribution in [3.63, 3.8) is 0 Å². The Kier molecular flexibility index (Phi) is 2.32. The fourth-order valence-electron chi connectivity index (χ4n) is 1.05. The fraction of sp³-hybridized carbons (Fsp3) is 1.00. The number of halogens is 1. The van der Waals surface area contributed by atoms with Crippen molar-refractivity contribution in [3.05, 3.63) is 0 Å². The third-order valence-electron chi connectivity index (χ3n) is 1.62. The van der Waals surface area contributed by atoms with Crippen LogP contribution in [0.15, 0.2) is 0 Å². The normalized spacial score (nSPS) is 39.8. The molecule has 1 radical (unpaired) electrons. The predicted octanol–water partition coefficient (Wildman–Crippen LogP) is 2.12. The quantitative estimate of drug-likeness (QED) is 0.506. The summed E-state index contributed by atoms with van der Waals surface area (Å²) in [7, 11) is 0. The van der Waals surface area contributed by atoms with Gasteiger partial charge in [-0.25, -0.2) is 5.11 Å². The average Bonchev–Trinajstić information content (AvgIpc) is 1.77. The molecule has 1 aliphatic rings. The molecule has 0 heterocycles. The highest BCUT2D eigenvalue weighted by molar-refractivity contribution is 9.09. The first-order valence-electron chi connectivity index (χ1n) is 3.10. The Bertz CT molecular complexity index is 64.9. The summed E-state index contributed by atoms with van der Waals surface area (Å²) < 4.78 is 0. The van der Waals surface area contributed by atoms with E-state index in [9.17, 15) is 5.11 Å². The maximum absolute atomic E-state index is 10.8. The van der Waals surface area contributed by atoms with Gasteiger partial charge in [0.1, 0.15) is 6.10 Å². The summed E-state index contributed by atoms with van der Waals surface area (Å²) in [6.07, 6.45) is 3.98. The summed E-state index contributed by atoms with van der Waals surface area (Å²) >= 11 is 3.34. The molecule has 2 atom stereocenters. The predicted molar refractivity (Wildman–Crippen MR) is 35.7 cm³/mol. The molecular weight excluding hydrogens is 168 g/mol. The Hall–Kier alpha value is 0.440. The highest BCUT2D eigenvalue weighted by atomic mass is 79.9. The molecule has 0 aromatic carbocycles. The van der Waals surface area contributed by atoms with Gasteiger partial charge in [0, 0.05) is 4.83 Å². The number of alkyl halides is 1. The molecule has 0 spiro atoms. The van der Waals surface area contributed by atoms with E-state index in [0.29, 0.717) is 0 Å². The zero-order valence-corrected chi connectivity index (χ0v) is 6.36. The lowest BCUT2D eigenvalue weighted by Crippen LogP contribution is -2.22. The Morgan fingerprint density at radius 3 is 2.25 bits per heavy atom. The van der Waals surface area contributed by atoms with Crippen LogP contribution < -0.4 is 0 Å².